The summed E-state index contributed by atoms with van der Waals surface area (Å²) in [6, 6.07) is 8.00. The van der Waals surface area contributed by atoms with Crippen molar-refractivity contribution in [2.45, 2.75) is 24.3 Å². The molecular weight excluding hydrogens is 298 g/mol. The van der Waals surface area contributed by atoms with Crippen molar-refractivity contribution < 1.29 is 0 Å². The molecule has 8 heteroatoms. The van der Waals surface area contributed by atoms with Gasteiger partial charge in [-0.15, -0.1) is 5.10 Å². The van der Waals surface area contributed by atoms with Gasteiger partial charge in [-0.3, -0.25) is 0 Å². The number of thioether (sulfide) groups is 1. The van der Waals surface area contributed by atoms with E-state index < -0.39 is 0 Å². The molecule has 0 bridgehead atoms. The van der Waals surface area contributed by atoms with E-state index >= 15 is 0 Å². The number of hydrogen-bond donors (Lipinski definition) is 1. The zero-order valence-electron chi connectivity index (χ0n) is 12.7. The Labute approximate surface area is 132 Å². The maximum atomic E-state index is 4.63. The van der Waals surface area contributed by atoms with E-state index in [9.17, 15) is 0 Å². The summed E-state index contributed by atoms with van der Waals surface area (Å²) in [5, 5.41) is 16.7. The number of para-hydroxylation sites is 1. The molecular formula is C14H17N7S. The molecule has 1 unspecified atom stereocenters. The smallest absolute Gasteiger partial charge is 0.190 e. The van der Waals surface area contributed by atoms with E-state index in [1.165, 1.54) is 0 Å². The second-order valence-corrected chi connectivity index (χ2v) is 6.13. The molecule has 7 nitrogen and oxygen atoms in total. The number of aryl methyl sites for hydroxylation is 1. The SMILES string of the molecule is CCNc1nc(SC(C)c2nnnn2C)nc2ccccc12. The van der Waals surface area contributed by atoms with Crippen molar-refractivity contribution in [3.63, 3.8) is 0 Å². The van der Waals surface area contributed by atoms with Crippen LogP contribution in [0, 0.1) is 0 Å². The number of nitrogens with one attached hydrogen (secondary N) is 1. The van der Waals surface area contributed by atoms with Crippen molar-refractivity contribution in [1.29, 1.82) is 0 Å². The molecule has 0 spiro atoms. The number of hydrogen-bond acceptors (Lipinski definition) is 7. The minimum absolute atomic E-state index is 0.0654. The van der Waals surface area contributed by atoms with Crippen LogP contribution in [0.1, 0.15) is 24.9 Å². The van der Waals surface area contributed by atoms with Crippen LogP contribution in [-0.2, 0) is 7.05 Å². The van der Waals surface area contributed by atoms with E-state index in [2.05, 4.69) is 37.7 Å². The number of anilines is 1. The van der Waals surface area contributed by atoms with Gasteiger partial charge in [0.2, 0.25) is 0 Å². The molecule has 0 fully saturated rings. The summed E-state index contributed by atoms with van der Waals surface area (Å²) in [6.45, 7) is 4.91. The normalized spacial score (nSPS) is 12.5. The monoisotopic (exact) mass is 315 g/mol. The summed E-state index contributed by atoms with van der Waals surface area (Å²) < 4.78 is 1.67. The van der Waals surface area contributed by atoms with Crippen molar-refractivity contribution in [2.24, 2.45) is 7.05 Å². The van der Waals surface area contributed by atoms with Gasteiger partial charge in [0.1, 0.15) is 5.82 Å². The highest BCUT2D eigenvalue weighted by atomic mass is 32.2. The molecule has 114 valence electrons. The summed E-state index contributed by atoms with van der Waals surface area (Å²) >= 11 is 1.54. The van der Waals surface area contributed by atoms with E-state index in [1.54, 1.807) is 16.4 Å². The molecule has 0 radical (unpaired) electrons. The summed E-state index contributed by atoms with van der Waals surface area (Å²) in [5.74, 6) is 1.66. The molecule has 0 amide bonds. The summed E-state index contributed by atoms with van der Waals surface area (Å²) in [7, 11) is 1.83. The lowest BCUT2D eigenvalue weighted by Crippen LogP contribution is -2.05. The van der Waals surface area contributed by atoms with E-state index in [1.807, 2.05) is 38.2 Å². The first-order valence-corrected chi connectivity index (χ1v) is 7.96. The van der Waals surface area contributed by atoms with Gasteiger partial charge in [-0.2, -0.15) is 0 Å². The second-order valence-electron chi connectivity index (χ2n) is 4.82. The van der Waals surface area contributed by atoms with Gasteiger partial charge in [0.25, 0.3) is 0 Å². The Hall–Kier alpha value is -2.22. The first kappa shape index (κ1) is 14.7. The van der Waals surface area contributed by atoms with Crippen LogP contribution in [0.5, 0.6) is 0 Å². The maximum absolute atomic E-state index is 4.63. The van der Waals surface area contributed by atoms with Crippen LogP contribution < -0.4 is 5.32 Å². The van der Waals surface area contributed by atoms with Crippen molar-refractivity contribution in [3.8, 4) is 0 Å². The molecule has 1 N–H and O–H groups in total. The van der Waals surface area contributed by atoms with Gasteiger partial charge in [-0.1, -0.05) is 23.9 Å². The highest BCUT2D eigenvalue weighted by Gasteiger charge is 2.17. The second kappa shape index (κ2) is 6.27. The van der Waals surface area contributed by atoms with Crippen molar-refractivity contribution in [1.82, 2.24) is 30.2 Å². The molecule has 3 aromatic rings. The van der Waals surface area contributed by atoms with Crippen LogP contribution in [0.3, 0.4) is 0 Å². The molecule has 3 rings (SSSR count). The van der Waals surface area contributed by atoms with Gasteiger partial charge in [0.15, 0.2) is 11.0 Å². The molecule has 2 heterocycles. The zero-order valence-corrected chi connectivity index (χ0v) is 13.5. The first-order chi connectivity index (χ1) is 10.7. The number of nitrogens with zero attached hydrogens (tertiary/aromatic N) is 6. The van der Waals surface area contributed by atoms with Crippen LogP contribution in [-0.4, -0.2) is 36.7 Å². The van der Waals surface area contributed by atoms with Crippen LogP contribution in [0.2, 0.25) is 0 Å². The average Bonchev–Trinajstić information content (AvgIpc) is 2.94. The molecule has 0 saturated carbocycles. The van der Waals surface area contributed by atoms with E-state index in [-0.39, 0.29) is 5.25 Å². The van der Waals surface area contributed by atoms with E-state index in [0.29, 0.717) is 5.16 Å². The molecule has 0 aliphatic carbocycles. The summed E-state index contributed by atoms with van der Waals surface area (Å²) in [6.07, 6.45) is 0. The van der Waals surface area contributed by atoms with Crippen LogP contribution in [0.15, 0.2) is 29.4 Å². The van der Waals surface area contributed by atoms with Crippen LogP contribution in [0.25, 0.3) is 10.9 Å². The van der Waals surface area contributed by atoms with E-state index in [0.717, 1.165) is 29.1 Å². The van der Waals surface area contributed by atoms with Gasteiger partial charge < -0.3 is 5.32 Å². The van der Waals surface area contributed by atoms with Crippen LogP contribution in [0.4, 0.5) is 5.82 Å². The third-order valence-corrected chi connectivity index (χ3v) is 4.18. The molecule has 1 aromatic carbocycles. The molecule has 0 aliphatic heterocycles. The number of benzene rings is 1. The van der Waals surface area contributed by atoms with Gasteiger partial charge in [-0.25, -0.2) is 14.6 Å². The van der Waals surface area contributed by atoms with Gasteiger partial charge in [0, 0.05) is 19.0 Å². The fourth-order valence-electron chi connectivity index (χ4n) is 2.20. The quantitative estimate of drug-likeness (QED) is 0.572. The lowest BCUT2D eigenvalue weighted by atomic mass is 10.2. The Kier molecular flexibility index (Phi) is 4.19. The van der Waals surface area contributed by atoms with Crippen molar-refractivity contribution >= 4 is 28.5 Å². The Morgan fingerprint density at radius 1 is 1.27 bits per heavy atom. The highest BCUT2D eigenvalue weighted by molar-refractivity contribution is 7.99. The highest BCUT2D eigenvalue weighted by Crippen LogP contribution is 2.33. The standard InChI is InChI=1S/C14H17N7S/c1-4-15-12-10-7-5-6-8-11(10)16-14(17-12)22-9(2)13-18-19-20-21(13)3/h5-9H,4H2,1-3H3,(H,15,16,17). The topological polar surface area (TPSA) is 81.4 Å². The lowest BCUT2D eigenvalue weighted by Gasteiger charge is -2.11. The number of rotatable bonds is 5. The number of fused-ring (bicyclic) bond motifs is 1. The third kappa shape index (κ3) is 2.87. The largest absolute Gasteiger partial charge is 0.370 e. The Morgan fingerprint density at radius 3 is 2.82 bits per heavy atom. The predicted octanol–water partition coefficient (Wildman–Crippen LogP) is 2.44. The minimum Gasteiger partial charge on any atom is -0.370 e. The Morgan fingerprint density at radius 2 is 2.09 bits per heavy atom. The molecule has 0 saturated heterocycles. The molecule has 22 heavy (non-hydrogen) atoms. The number of aromatic nitrogens is 6. The van der Waals surface area contributed by atoms with Crippen molar-refractivity contribution in [2.75, 3.05) is 11.9 Å². The molecule has 1 atom stereocenters. The van der Waals surface area contributed by atoms with Gasteiger partial charge in [-0.05, 0) is 36.4 Å². The molecule has 0 aliphatic rings. The van der Waals surface area contributed by atoms with Crippen molar-refractivity contribution in [3.05, 3.63) is 30.1 Å². The lowest BCUT2D eigenvalue weighted by molar-refractivity contribution is 0.678. The number of tetrazole rings is 1. The van der Waals surface area contributed by atoms with Crippen LogP contribution >= 0.6 is 11.8 Å². The Balaban J connectivity index is 1.95. The fraction of sp³-hybridized carbons (Fsp3) is 0.357. The maximum Gasteiger partial charge on any atom is 0.190 e. The van der Waals surface area contributed by atoms with E-state index in [4.69, 9.17) is 0 Å². The average molecular weight is 315 g/mol. The first-order valence-electron chi connectivity index (χ1n) is 7.08. The minimum atomic E-state index is 0.0654. The fourth-order valence-corrected chi connectivity index (χ4v) is 3.12. The summed E-state index contributed by atoms with van der Waals surface area (Å²) in [5.41, 5.74) is 0.930. The zero-order chi connectivity index (χ0) is 15.5. The van der Waals surface area contributed by atoms with Gasteiger partial charge in [0.05, 0.1) is 10.8 Å². The molecule has 2 aromatic heterocycles. The van der Waals surface area contributed by atoms with Gasteiger partial charge >= 0.3 is 0 Å². The third-order valence-electron chi connectivity index (χ3n) is 3.23. The predicted molar refractivity (Wildman–Crippen MR) is 86.8 cm³/mol. The summed E-state index contributed by atoms with van der Waals surface area (Å²) in [4.78, 5) is 9.26. The Bertz CT molecular complexity index is 786.